The fourth-order valence-corrected chi connectivity index (χ4v) is 1.21. The molecule has 0 heterocycles. The van der Waals surface area contributed by atoms with Crippen LogP contribution < -0.4 is 10.6 Å². The van der Waals surface area contributed by atoms with Gasteiger partial charge in [-0.25, -0.2) is 0 Å². The summed E-state index contributed by atoms with van der Waals surface area (Å²) in [6, 6.07) is 10.1. The van der Waals surface area contributed by atoms with Crippen molar-refractivity contribution < 1.29 is 4.79 Å². The summed E-state index contributed by atoms with van der Waals surface area (Å²) >= 11 is 0. The zero-order valence-corrected chi connectivity index (χ0v) is 10.2. The molecule has 1 aromatic rings. The lowest BCUT2D eigenvalue weighted by Gasteiger charge is -2.17. The number of hydrogen-bond acceptors (Lipinski definition) is 2. The molecule has 1 aromatic carbocycles. The first-order valence-corrected chi connectivity index (χ1v) is 5.53. The van der Waals surface area contributed by atoms with E-state index in [4.69, 9.17) is 0 Å². The quantitative estimate of drug-likeness (QED) is 0.601. The summed E-state index contributed by atoms with van der Waals surface area (Å²) in [5.74, 6) is 0.0630. The Bertz CT molecular complexity index is 328. The third-order valence-corrected chi connectivity index (χ3v) is 2.23. The number of hydrogen-bond donors (Lipinski definition) is 2. The molecule has 0 bridgehead atoms. The summed E-state index contributed by atoms with van der Waals surface area (Å²) in [5, 5.41) is 6.02. The van der Waals surface area contributed by atoms with E-state index >= 15 is 0 Å². The molecule has 0 spiro atoms. The van der Waals surface area contributed by atoms with Crippen molar-refractivity contribution in [3.63, 3.8) is 0 Å². The van der Waals surface area contributed by atoms with Gasteiger partial charge in [-0.1, -0.05) is 51.1 Å². The first-order valence-electron chi connectivity index (χ1n) is 5.53. The normalized spacial score (nSPS) is 11.2. The standard InChI is InChI=1S/C13H20N2O/c1-13(2,3)12(16)15-10-14-9-11-7-5-4-6-8-11/h4-8,14H,9-10H2,1-3H3,(H,15,16). The van der Waals surface area contributed by atoms with E-state index in [1.54, 1.807) is 0 Å². The van der Waals surface area contributed by atoms with Crippen LogP contribution in [0.4, 0.5) is 0 Å². The zero-order chi connectivity index (χ0) is 12.0. The van der Waals surface area contributed by atoms with Crippen LogP contribution in [-0.4, -0.2) is 12.6 Å². The number of rotatable bonds is 4. The summed E-state index contributed by atoms with van der Waals surface area (Å²) in [6.07, 6.45) is 0. The first kappa shape index (κ1) is 12.7. The minimum absolute atomic E-state index is 0.0630. The fraction of sp³-hybridized carbons (Fsp3) is 0.462. The second-order valence-electron chi connectivity index (χ2n) is 4.85. The molecule has 0 radical (unpaired) electrons. The van der Waals surface area contributed by atoms with Crippen LogP contribution in [0.3, 0.4) is 0 Å². The van der Waals surface area contributed by atoms with Crippen molar-refractivity contribution in [1.82, 2.24) is 10.6 Å². The summed E-state index contributed by atoms with van der Waals surface area (Å²) < 4.78 is 0. The minimum atomic E-state index is -0.325. The summed E-state index contributed by atoms with van der Waals surface area (Å²) in [7, 11) is 0. The summed E-state index contributed by atoms with van der Waals surface area (Å²) in [4.78, 5) is 11.5. The van der Waals surface area contributed by atoms with Gasteiger partial charge in [-0.3, -0.25) is 10.1 Å². The Morgan fingerprint density at radius 3 is 2.38 bits per heavy atom. The van der Waals surface area contributed by atoms with Crippen LogP contribution in [0.1, 0.15) is 26.3 Å². The molecule has 0 aliphatic heterocycles. The van der Waals surface area contributed by atoms with E-state index < -0.39 is 0 Å². The molecule has 0 saturated carbocycles. The fourth-order valence-electron chi connectivity index (χ4n) is 1.21. The Hall–Kier alpha value is -1.35. The lowest BCUT2D eigenvalue weighted by Crippen LogP contribution is -2.40. The molecule has 3 heteroatoms. The predicted octanol–water partition coefficient (Wildman–Crippen LogP) is 1.90. The average molecular weight is 220 g/mol. The molecule has 0 atom stereocenters. The molecule has 2 N–H and O–H groups in total. The van der Waals surface area contributed by atoms with Crippen molar-refractivity contribution in [3.05, 3.63) is 35.9 Å². The van der Waals surface area contributed by atoms with Crippen molar-refractivity contribution in [1.29, 1.82) is 0 Å². The lowest BCUT2D eigenvalue weighted by atomic mass is 9.96. The Morgan fingerprint density at radius 2 is 1.81 bits per heavy atom. The van der Waals surface area contributed by atoms with E-state index in [9.17, 15) is 4.79 Å². The number of benzene rings is 1. The molecule has 0 fully saturated rings. The molecule has 1 amide bonds. The Morgan fingerprint density at radius 1 is 1.19 bits per heavy atom. The molecule has 0 aliphatic rings. The zero-order valence-electron chi connectivity index (χ0n) is 10.2. The monoisotopic (exact) mass is 220 g/mol. The van der Waals surface area contributed by atoms with Crippen LogP contribution in [0, 0.1) is 5.41 Å². The van der Waals surface area contributed by atoms with Crippen molar-refractivity contribution in [2.75, 3.05) is 6.67 Å². The van der Waals surface area contributed by atoms with Crippen molar-refractivity contribution in [3.8, 4) is 0 Å². The number of amides is 1. The van der Waals surface area contributed by atoms with Crippen LogP contribution in [0.25, 0.3) is 0 Å². The third-order valence-electron chi connectivity index (χ3n) is 2.23. The highest BCUT2D eigenvalue weighted by Crippen LogP contribution is 2.11. The van der Waals surface area contributed by atoms with Crippen molar-refractivity contribution in [2.24, 2.45) is 5.41 Å². The molecule has 0 saturated heterocycles. The molecule has 1 rings (SSSR count). The average Bonchev–Trinajstić information content (AvgIpc) is 2.24. The second kappa shape index (κ2) is 5.66. The van der Waals surface area contributed by atoms with Gasteiger partial charge in [0.1, 0.15) is 0 Å². The van der Waals surface area contributed by atoms with E-state index in [2.05, 4.69) is 22.8 Å². The second-order valence-corrected chi connectivity index (χ2v) is 4.85. The van der Waals surface area contributed by atoms with E-state index in [1.807, 2.05) is 39.0 Å². The molecule has 0 unspecified atom stereocenters. The van der Waals surface area contributed by atoms with Gasteiger partial charge in [-0.2, -0.15) is 0 Å². The summed E-state index contributed by atoms with van der Waals surface area (Å²) in [5.41, 5.74) is 0.890. The Kier molecular flexibility index (Phi) is 4.50. The SMILES string of the molecule is CC(C)(C)C(=O)NCNCc1ccccc1. The van der Waals surface area contributed by atoms with E-state index in [0.717, 1.165) is 6.54 Å². The van der Waals surface area contributed by atoms with E-state index in [1.165, 1.54) is 5.56 Å². The number of carbonyl (C=O) groups excluding carboxylic acids is 1. The van der Waals surface area contributed by atoms with Crippen LogP contribution in [0.15, 0.2) is 30.3 Å². The van der Waals surface area contributed by atoms with Crippen LogP contribution in [-0.2, 0) is 11.3 Å². The van der Waals surface area contributed by atoms with E-state index in [0.29, 0.717) is 6.67 Å². The molecule has 88 valence electrons. The van der Waals surface area contributed by atoms with Gasteiger partial charge >= 0.3 is 0 Å². The van der Waals surface area contributed by atoms with Gasteiger partial charge in [0.25, 0.3) is 0 Å². The van der Waals surface area contributed by atoms with Gasteiger partial charge in [0, 0.05) is 12.0 Å². The van der Waals surface area contributed by atoms with Crippen molar-refractivity contribution in [2.45, 2.75) is 27.3 Å². The maximum Gasteiger partial charge on any atom is 0.226 e. The highest BCUT2D eigenvalue weighted by molar-refractivity contribution is 5.81. The van der Waals surface area contributed by atoms with Crippen LogP contribution in [0.5, 0.6) is 0 Å². The molecule has 3 nitrogen and oxygen atoms in total. The minimum Gasteiger partial charge on any atom is -0.343 e. The van der Waals surface area contributed by atoms with Gasteiger partial charge in [0.2, 0.25) is 5.91 Å². The van der Waals surface area contributed by atoms with Crippen molar-refractivity contribution >= 4 is 5.91 Å². The highest BCUT2D eigenvalue weighted by Gasteiger charge is 2.19. The smallest absolute Gasteiger partial charge is 0.226 e. The van der Waals surface area contributed by atoms with Crippen LogP contribution >= 0.6 is 0 Å². The molecule has 16 heavy (non-hydrogen) atoms. The van der Waals surface area contributed by atoms with Gasteiger partial charge in [-0.05, 0) is 5.56 Å². The molecular weight excluding hydrogens is 200 g/mol. The predicted molar refractivity (Wildman–Crippen MR) is 65.7 cm³/mol. The maximum absolute atomic E-state index is 11.5. The van der Waals surface area contributed by atoms with Crippen LogP contribution in [0.2, 0.25) is 0 Å². The van der Waals surface area contributed by atoms with Gasteiger partial charge in [0.15, 0.2) is 0 Å². The first-order chi connectivity index (χ1) is 7.50. The molecule has 0 aromatic heterocycles. The highest BCUT2D eigenvalue weighted by atomic mass is 16.2. The van der Waals surface area contributed by atoms with Gasteiger partial charge < -0.3 is 5.32 Å². The Balaban J connectivity index is 2.20. The lowest BCUT2D eigenvalue weighted by molar-refractivity contribution is -0.128. The third kappa shape index (κ3) is 4.45. The summed E-state index contributed by atoms with van der Waals surface area (Å²) in [6.45, 7) is 6.98. The number of carbonyl (C=O) groups is 1. The van der Waals surface area contributed by atoms with E-state index in [-0.39, 0.29) is 11.3 Å². The Labute approximate surface area is 97.2 Å². The topological polar surface area (TPSA) is 41.1 Å². The molecule has 0 aliphatic carbocycles. The maximum atomic E-state index is 11.5. The van der Waals surface area contributed by atoms with Gasteiger partial charge in [0.05, 0.1) is 6.67 Å². The number of nitrogens with one attached hydrogen (secondary N) is 2. The van der Waals surface area contributed by atoms with Gasteiger partial charge in [-0.15, -0.1) is 0 Å². The molecular formula is C13H20N2O. The largest absolute Gasteiger partial charge is 0.343 e.